The number of aromatic nitrogens is 1. The smallest absolute Gasteiger partial charge is 0.410 e. The summed E-state index contributed by atoms with van der Waals surface area (Å²) in [4.78, 5) is 37.5. The van der Waals surface area contributed by atoms with Gasteiger partial charge < -0.3 is 19.4 Å². The predicted molar refractivity (Wildman–Crippen MR) is 153 cm³/mol. The number of pyridine rings is 1. The Morgan fingerprint density at radius 2 is 1.81 bits per heavy atom. The van der Waals surface area contributed by atoms with Crippen molar-refractivity contribution >= 4 is 36.0 Å². The van der Waals surface area contributed by atoms with Gasteiger partial charge in [-0.1, -0.05) is 0 Å². The molecule has 0 N–H and O–H groups in total. The number of hydrogen-bond donors (Lipinski definition) is 0. The first-order valence-corrected chi connectivity index (χ1v) is 14.3. The van der Waals surface area contributed by atoms with Crippen LogP contribution < -0.4 is 4.90 Å². The topological polar surface area (TPSA) is 78.3 Å². The van der Waals surface area contributed by atoms with E-state index in [2.05, 4.69) is 37.0 Å². The Labute approximate surface area is 227 Å². The minimum Gasteiger partial charge on any atom is -0.444 e. The SMILES string of the molecule is CC1CCCN1c1cc(C(=O)N2CCCCC2)c(/C=N/SC(C)(C)C)c(CN(C)C(=O)OC(C)(C)C)n1. The maximum absolute atomic E-state index is 13.9. The van der Waals surface area contributed by atoms with Crippen LogP contribution in [0.25, 0.3) is 0 Å². The van der Waals surface area contributed by atoms with Gasteiger partial charge in [-0.05, 0) is 98.6 Å². The Kier molecular flexibility index (Phi) is 9.53. The van der Waals surface area contributed by atoms with E-state index in [1.807, 2.05) is 31.7 Å². The molecule has 0 radical (unpaired) electrons. The fourth-order valence-corrected chi connectivity index (χ4v) is 5.06. The highest BCUT2D eigenvalue weighted by Crippen LogP contribution is 2.30. The molecule has 9 heteroatoms. The second-order valence-electron chi connectivity index (χ2n) is 12.2. The van der Waals surface area contributed by atoms with Crippen LogP contribution in [0.1, 0.15) is 102 Å². The fraction of sp³-hybridized carbons (Fsp3) is 0.714. The lowest BCUT2D eigenvalue weighted by atomic mass is 10.0. The van der Waals surface area contributed by atoms with Crippen LogP contribution in [0.4, 0.5) is 10.6 Å². The molecule has 2 aliphatic heterocycles. The third-order valence-electron chi connectivity index (χ3n) is 6.45. The van der Waals surface area contributed by atoms with Gasteiger partial charge in [-0.15, -0.1) is 0 Å². The van der Waals surface area contributed by atoms with Crippen molar-refractivity contribution in [3.63, 3.8) is 0 Å². The van der Waals surface area contributed by atoms with Gasteiger partial charge in [0.15, 0.2) is 0 Å². The highest BCUT2D eigenvalue weighted by molar-refractivity contribution is 7.99. The molecule has 1 atom stereocenters. The van der Waals surface area contributed by atoms with Gasteiger partial charge in [-0.2, -0.15) is 0 Å². The lowest BCUT2D eigenvalue weighted by Gasteiger charge is -2.30. The van der Waals surface area contributed by atoms with Crippen molar-refractivity contribution in [3.05, 3.63) is 22.9 Å². The third kappa shape index (κ3) is 8.35. The summed E-state index contributed by atoms with van der Waals surface area (Å²) >= 11 is 1.46. The third-order valence-corrected chi connectivity index (χ3v) is 7.20. The number of piperidine rings is 1. The van der Waals surface area contributed by atoms with E-state index < -0.39 is 11.7 Å². The van der Waals surface area contributed by atoms with E-state index in [1.165, 1.54) is 16.8 Å². The summed E-state index contributed by atoms with van der Waals surface area (Å²) in [7, 11) is 1.71. The Bertz CT molecular complexity index is 993. The van der Waals surface area contributed by atoms with Gasteiger partial charge in [0.2, 0.25) is 0 Å². The Morgan fingerprint density at radius 1 is 1.14 bits per heavy atom. The standard InChI is InChI=1S/C28H45N5O3S/c1-20-13-12-16-33(20)24-17-21(25(34)32-14-10-9-11-15-32)22(18-29-37-28(5,6)7)23(30-24)19-31(8)26(35)36-27(2,3)4/h17-18,20H,9-16,19H2,1-8H3/b29-18+. The summed E-state index contributed by atoms with van der Waals surface area (Å²) in [6.07, 6.45) is 6.71. The van der Waals surface area contributed by atoms with Crippen LogP contribution in [-0.2, 0) is 11.3 Å². The van der Waals surface area contributed by atoms with E-state index in [0.717, 1.165) is 57.6 Å². The molecular formula is C28H45N5O3S. The fourth-order valence-electron chi connectivity index (χ4n) is 4.59. The van der Waals surface area contributed by atoms with Crippen LogP contribution in [-0.4, -0.2) is 76.1 Å². The molecule has 0 aliphatic carbocycles. The lowest BCUT2D eigenvalue weighted by Crippen LogP contribution is -2.37. The van der Waals surface area contributed by atoms with E-state index >= 15 is 0 Å². The number of ether oxygens (including phenoxy) is 1. The number of likely N-dealkylation sites (tertiary alicyclic amines) is 1. The van der Waals surface area contributed by atoms with Crippen LogP contribution in [0, 0.1) is 0 Å². The van der Waals surface area contributed by atoms with Gasteiger partial charge in [0.1, 0.15) is 11.4 Å². The first kappa shape index (κ1) is 29.3. The molecule has 1 unspecified atom stereocenters. The average molecular weight is 532 g/mol. The number of carbonyl (C=O) groups excluding carboxylic acids is 2. The minimum absolute atomic E-state index is 0.0126. The summed E-state index contributed by atoms with van der Waals surface area (Å²) in [5.41, 5.74) is 1.34. The lowest BCUT2D eigenvalue weighted by molar-refractivity contribution is 0.0283. The predicted octanol–water partition coefficient (Wildman–Crippen LogP) is 5.93. The normalized spacial score (nSPS) is 19.0. The molecule has 1 aromatic rings. The zero-order valence-electron chi connectivity index (χ0n) is 24.0. The zero-order valence-corrected chi connectivity index (χ0v) is 24.8. The highest BCUT2D eigenvalue weighted by atomic mass is 32.2. The summed E-state index contributed by atoms with van der Waals surface area (Å²) in [5, 5.41) is 0. The molecule has 2 aliphatic rings. The molecule has 2 amide bonds. The maximum Gasteiger partial charge on any atom is 0.410 e. The Hall–Kier alpha value is -2.29. The summed E-state index contributed by atoms with van der Waals surface area (Å²) < 4.78 is 10.2. The van der Waals surface area contributed by atoms with E-state index in [4.69, 9.17) is 9.72 Å². The molecule has 206 valence electrons. The second kappa shape index (κ2) is 12.0. The van der Waals surface area contributed by atoms with Crippen molar-refractivity contribution in [1.29, 1.82) is 0 Å². The van der Waals surface area contributed by atoms with Gasteiger partial charge in [0.25, 0.3) is 5.91 Å². The molecule has 0 saturated carbocycles. The van der Waals surface area contributed by atoms with Gasteiger partial charge >= 0.3 is 6.09 Å². The molecule has 3 heterocycles. The summed E-state index contributed by atoms with van der Waals surface area (Å²) in [6.45, 7) is 16.7. The van der Waals surface area contributed by atoms with E-state index in [1.54, 1.807) is 13.3 Å². The van der Waals surface area contributed by atoms with Crippen molar-refractivity contribution in [2.45, 2.75) is 104 Å². The molecule has 8 nitrogen and oxygen atoms in total. The van der Waals surface area contributed by atoms with Gasteiger partial charge in [-0.25, -0.2) is 14.2 Å². The molecule has 0 aromatic carbocycles. The number of nitrogens with zero attached hydrogens (tertiary/aromatic N) is 5. The monoisotopic (exact) mass is 531 g/mol. The molecule has 0 spiro atoms. The molecule has 0 bridgehead atoms. The number of rotatable bonds is 6. The van der Waals surface area contributed by atoms with Crippen molar-refractivity contribution in [1.82, 2.24) is 14.8 Å². The number of carbonyl (C=O) groups is 2. The van der Waals surface area contributed by atoms with E-state index in [-0.39, 0.29) is 17.2 Å². The van der Waals surface area contributed by atoms with Crippen LogP contribution in [0.5, 0.6) is 0 Å². The minimum atomic E-state index is -0.603. The molecule has 1 aromatic heterocycles. The number of amides is 2. The summed E-state index contributed by atoms with van der Waals surface area (Å²) in [5.74, 6) is 0.803. The van der Waals surface area contributed by atoms with Crippen LogP contribution >= 0.6 is 11.9 Å². The Balaban J connectivity index is 2.09. The van der Waals surface area contributed by atoms with E-state index in [9.17, 15) is 9.59 Å². The number of anilines is 1. The van der Waals surface area contributed by atoms with Crippen molar-refractivity contribution in [3.8, 4) is 0 Å². The Morgan fingerprint density at radius 3 is 2.38 bits per heavy atom. The quantitative estimate of drug-likeness (QED) is 0.334. The van der Waals surface area contributed by atoms with Gasteiger partial charge in [0.05, 0.1) is 17.8 Å². The van der Waals surface area contributed by atoms with Gasteiger partial charge in [0, 0.05) is 49.2 Å². The van der Waals surface area contributed by atoms with Crippen LogP contribution in [0.3, 0.4) is 0 Å². The molecular weight excluding hydrogens is 486 g/mol. The molecule has 2 saturated heterocycles. The van der Waals surface area contributed by atoms with Crippen molar-refractivity contribution in [2.24, 2.45) is 4.40 Å². The van der Waals surface area contributed by atoms with E-state index in [0.29, 0.717) is 22.9 Å². The maximum atomic E-state index is 13.9. The molecule has 2 fully saturated rings. The first-order valence-electron chi connectivity index (χ1n) is 13.5. The summed E-state index contributed by atoms with van der Waals surface area (Å²) in [6, 6.07) is 2.29. The van der Waals surface area contributed by atoms with Crippen molar-refractivity contribution in [2.75, 3.05) is 31.6 Å². The first-order chi connectivity index (χ1) is 17.2. The average Bonchev–Trinajstić information content (AvgIpc) is 3.23. The highest BCUT2D eigenvalue weighted by Gasteiger charge is 2.29. The number of hydrogen-bond acceptors (Lipinski definition) is 7. The molecule has 3 rings (SSSR count). The van der Waals surface area contributed by atoms with Crippen LogP contribution in [0.2, 0.25) is 0 Å². The van der Waals surface area contributed by atoms with Crippen molar-refractivity contribution < 1.29 is 14.3 Å². The van der Waals surface area contributed by atoms with Crippen LogP contribution in [0.15, 0.2) is 10.5 Å². The zero-order chi connectivity index (χ0) is 27.4. The largest absolute Gasteiger partial charge is 0.444 e. The molecule has 37 heavy (non-hydrogen) atoms. The second-order valence-corrected chi connectivity index (χ2v) is 13.8. The van der Waals surface area contributed by atoms with Gasteiger partial charge in [-0.3, -0.25) is 4.79 Å².